The molecule has 0 fully saturated rings. The summed E-state index contributed by atoms with van der Waals surface area (Å²) < 4.78 is 65.7. The van der Waals surface area contributed by atoms with E-state index in [-0.39, 0.29) is 43.2 Å². The van der Waals surface area contributed by atoms with Crippen LogP contribution in [0.5, 0.6) is 5.75 Å². The number of fused-ring (bicyclic) bond motifs is 1. The zero-order valence-corrected chi connectivity index (χ0v) is 18.9. The Morgan fingerprint density at radius 1 is 1.17 bits per heavy atom. The highest BCUT2D eigenvalue weighted by molar-refractivity contribution is 5.94. The zero-order chi connectivity index (χ0) is 26.5. The van der Waals surface area contributed by atoms with E-state index in [0.717, 1.165) is 24.7 Å². The van der Waals surface area contributed by atoms with E-state index in [1.807, 2.05) is 0 Å². The Balaban J connectivity index is 1.96. The maximum Gasteiger partial charge on any atom is 0.431 e. The number of nitrogens with zero attached hydrogens (tertiary/aromatic N) is 3. The summed E-state index contributed by atoms with van der Waals surface area (Å²) in [5, 5.41) is 13.2. The van der Waals surface area contributed by atoms with Gasteiger partial charge in [-0.15, -0.1) is 0 Å². The minimum absolute atomic E-state index is 0.0688. The molecule has 36 heavy (non-hydrogen) atoms. The Morgan fingerprint density at radius 3 is 2.50 bits per heavy atom. The standard InChI is InChI=1S/C23H17F4N3O6/c1-10-4-5-16(35-11(2)21(32)33)12(6-10)20-13-7-15(14(24)8-17(13)36-28-20)30-19(31)9-18(23(25,26)27)29(3)22(30)34/h4-9,11H,1-3H3,(H,32,33). The van der Waals surface area contributed by atoms with Gasteiger partial charge in [-0.25, -0.2) is 18.5 Å². The van der Waals surface area contributed by atoms with Crippen molar-refractivity contribution in [2.75, 3.05) is 0 Å². The molecule has 0 spiro atoms. The summed E-state index contributed by atoms with van der Waals surface area (Å²) in [4.78, 5) is 36.4. The summed E-state index contributed by atoms with van der Waals surface area (Å²) in [6, 6.07) is 6.84. The third kappa shape index (κ3) is 4.23. The fraction of sp³-hybridized carbons (Fsp3) is 0.217. The number of alkyl halides is 3. The van der Waals surface area contributed by atoms with Gasteiger partial charge in [0.1, 0.15) is 17.1 Å². The normalized spacial score (nSPS) is 12.6. The molecule has 0 aliphatic carbocycles. The Kier molecular flexibility index (Phi) is 5.94. The van der Waals surface area contributed by atoms with Gasteiger partial charge in [0.25, 0.3) is 5.56 Å². The number of ether oxygens (including phenoxy) is 1. The highest BCUT2D eigenvalue weighted by atomic mass is 19.4. The molecule has 0 saturated heterocycles. The van der Waals surface area contributed by atoms with Crippen molar-refractivity contribution in [3.8, 4) is 22.7 Å². The quantitative estimate of drug-likeness (QED) is 0.410. The van der Waals surface area contributed by atoms with Gasteiger partial charge < -0.3 is 14.4 Å². The van der Waals surface area contributed by atoms with Crippen molar-refractivity contribution in [2.24, 2.45) is 7.05 Å². The van der Waals surface area contributed by atoms with E-state index in [2.05, 4.69) is 5.16 Å². The number of carboxylic acids is 1. The number of aliphatic carboxylic acids is 1. The fourth-order valence-corrected chi connectivity index (χ4v) is 3.61. The van der Waals surface area contributed by atoms with Gasteiger partial charge in [-0.1, -0.05) is 16.8 Å². The molecule has 4 rings (SSSR count). The minimum Gasteiger partial charge on any atom is -0.479 e. The first-order valence-electron chi connectivity index (χ1n) is 10.3. The molecule has 2 aromatic carbocycles. The van der Waals surface area contributed by atoms with Crippen molar-refractivity contribution < 1.29 is 36.7 Å². The molecule has 0 aliphatic heterocycles. The van der Waals surface area contributed by atoms with E-state index in [4.69, 9.17) is 9.26 Å². The second kappa shape index (κ2) is 8.66. The third-order valence-electron chi connectivity index (χ3n) is 5.43. The molecular weight excluding hydrogens is 490 g/mol. The SMILES string of the molecule is Cc1ccc(OC(C)C(=O)O)c(-c2noc3cc(F)c(-n4c(=O)cc(C(F)(F)F)n(C)c4=O)cc23)c1. The monoisotopic (exact) mass is 507 g/mol. The first-order chi connectivity index (χ1) is 16.8. The van der Waals surface area contributed by atoms with Gasteiger partial charge in [0.2, 0.25) is 0 Å². The predicted molar refractivity (Wildman–Crippen MR) is 118 cm³/mol. The number of carboxylic acid groups (broad SMARTS) is 1. The van der Waals surface area contributed by atoms with Crippen molar-refractivity contribution in [1.82, 2.24) is 14.3 Å². The molecular formula is C23H17F4N3O6. The van der Waals surface area contributed by atoms with Crippen LogP contribution in [-0.2, 0) is 18.0 Å². The van der Waals surface area contributed by atoms with Crippen molar-refractivity contribution in [2.45, 2.75) is 26.1 Å². The van der Waals surface area contributed by atoms with Crippen molar-refractivity contribution >= 4 is 16.9 Å². The highest BCUT2D eigenvalue weighted by Crippen LogP contribution is 2.37. The maximum atomic E-state index is 14.9. The number of benzene rings is 2. The highest BCUT2D eigenvalue weighted by Gasteiger charge is 2.35. The lowest BCUT2D eigenvalue weighted by Gasteiger charge is -2.15. The van der Waals surface area contributed by atoms with Crippen LogP contribution >= 0.6 is 0 Å². The minimum atomic E-state index is -4.98. The van der Waals surface area contributed by atoms with E-state index in [0.29, 0.717) is 0 Å². The first kappa shape index (κ1) is 24.7. The van der Waals surface area contributed by atoms with Gasteiger partial charge in [-0.3, -0.25) is 9.36 Å². The number of hydrogen-bond acceptors (Lipinski definition) is 6. The molecule has 0 bridgehead atoms. The van der Waals surface area contributed by atoms with Gasteiger partial charge in [-0.2, -0.15) is 13.2 Å². The summed E-state index contributed by atoms with van der Waals surface area (Å²) >= 11 is 0. The summed E-state index contributed by atoms with van der Waals surface area (Å²) in [5.41, 5.74) is -3.95. The maximum absolute atomic E-state index is 14.9. The van der Waals surface area contributed by atoms with Crippen LogP contribution in [0.2, 0.25) is 0 Å². The van der Waals surface area contributed by atoms with Crippen LogP contribution in [0.1, 0.15) is 18.2 Å². The van der Waals surface area contributed by atoms with Gasteiger partial charge in [-0.05, 0) is 32.0 Å². The van der Waals surface area contributed by atoms with E-state index < -0.39 is 46.7 Å². The second-order valence-corrected chi connectivity index (χ2v) is 7.97. The van der Waals surface area contributed by atoms with Crippen molar-refractivity contribution in [3.05, 3.63) is 74.3 Å². The number of aryl methyl sites for hydroxylation is 1. The lowest BCUT2D eigenvalue weighted by molar-refractivity contribution is -0.144. The second-order valence-electron chi connectivity index (χ2n) is 7.97. The predicted octanol–water partition coefficient (Wildman–Crippen LogP) is 3.66. The van der Waals surface area contributed by atoms with Crippen LogP contribution in [0.25, 0.3) is 27.9 Å². The summed E-state index contributed by atoms with van der Waals surface area (Å²) in [7, 11) is 0.808. The van der Waals surface area contributed by atoms with Crippen molar-refractivity contribution in [1.29, 1.82) is 0 Å². The number of hydrogen-bond donors (Lipinski definition) is 1. The van der Waals surface area contributed by atoms with Crippen LogP contribution in [0.15, 0.2) is 50.5 Å². The van der Waals surface area contributed by atoms with Gasteiger partial charge in [0.05, 0.1) is 11.1 Å². The molecule has 9 nitrogen and oxygen atoms in total. The van der Waals surface area contributed by atoms with E-state index in [1.54, 1.807) is 19.1 Å². The summed E-state index contributed by atoms with van der Waals surface area (Å²) in [6.45, 7) is 3.06. The van der Waals surface area contributed by atoms with E-state index >= 15 is 0 Å². The van der Waals surface area contributed by atoms with Crippen LogP contribution in [-0.4, -0.2) is 31.5 Å². The Bertz CT molecular complexity index is 1630. The smallest absolute Gasteiger partial charge is 0.431 e. The number of aromatic nitrogens is 3. The Morgan fingerprint density at radius 2 is 1.86 bits per heavy atom. The largest absolute Gasteiger partial charge is 0.479 e. The van der Waals surface area contributed by atoms with Crippen LogP contribution < -0.4 is 16.0 Å². The average molecular weight is 507 g/mol. The molecule has 1 N–H and O–H groups in total. The molecule has 0 amide bonds. The number of carbonyl (C=O) groups is 1. The molecule has 188 valence electrons. The molecule has 2 heterocycles. The van der Waals surface area contributed by atoms with Crippen LogP contribution in [0.4, 0.5) is 17.6 Å². The fourth-order valence-electron chi connectivity index (χ4n) is 3.61. The van der Waals surface area contributed by atoms with E-state index in [9.17, 15) is 37.1 Å². The molecule has 1 unspecified atom stereocenters. The molecule has 0 aliphatic rings. The lowest BCUT2D eigenvalue weighted by atomic mass is 10.0. The topological polar surface area (TPSA) is 117 Å². The van der Waals surface area contributed by atoms with Crippen LogP contribution in [0.3, 0.4) is 0 Å². The van der Waals surface area contributed by atoms with Gasteiger partial charge in [0.15, 0.2) is 17.5 Å². The summed E-state index contributed by atoms with van der Waals surface area (Å²) in [5.74, 6) is -2.24. The molecule has 1 atom stereocenters. The number of halogens is 4. The first-order valence-corrected chi connectivity index (χ1v) is 10.3. The molecule has 2 aromatic heterocycles. The average Bonchev–Trinajstić information content (AvgIpc) is 3.19. The van der Waals surface area contributed by atoms with Gasteiger partial charge in [0, 0.05) is 24.7 Å². The van der Waals surface area contributed by atoms with Crippen molar-refractivity contribution in [3.63, 3.8) is 0 Å². The Labute approximate surface area is 198 Å². The lowest BCUT2D eigenvalue weighted by Crippen LogP contribution is -2.41. The third-order valence-corrected chi connectivity index (χ3v) is 5.43. The van der Waals surface area contributed by atoms with E-state index in [1.165, 1.54) is 13.0 Å². The zero-order valence-electron chi connectivity index (χ0n) is 18.9. The molecule has 13 heteroatoms. The molecule has 4 aromatic rings. The number of rotatable bonds is 5. The molecule has 0 saturated carbocycles. The van der Waals surface area contributed by atoms with Gasteiger partial charge >= 0.3 is 17.8 Å². The summed E-state index contributed by atoms with van der Waals surface area (Å²) in [6.07, 6.45) is -6.21. The molecule has 0 radical (unpaired) electrons. The van der Waals surface area contributed by atoms with Crippen LogP contribution in [0, 0.1) is 12.7 Å². The Hall–Kier alpha value is -4.42.